The van der Waals surface area contributed by atoms with E-state index in [0.29, 0.717) is 17.0 Å². The zero-order valence-corrected chi connectivity index (χ0v) is 17.0. The second-order valence-corrected chi connectivity index (χ2v) is 7.17. The summed E-state index contributed by atoms with van der Waals surface area (Å²) in [5, 5.41) is 16.4. The quantitative estimate of drug-likeness (QED) is 0.582. The first-order valence-corrected chi connectivity index (χ1v) is 9.34. The smallest absolute Gasteiger partial charge is 0.293 e. The molecule has 6 nitrogen and oxygen atoms in total. The van der Waals surface area contributed by atoms with Gasteiger partial charge in [0.25, 0.3) is 5.91 Å². The Bertz CT molecular complexity index is 1060. The molecule has 1 amide bonds. The number of benzene rings is 2. The molecule has 28 heavy (non-hydrogen) atoms. The van der Waals surface area contributed by atoms with Gasteiger partial charge in [-0.05, 0) is 55.0 Å². The minimum atomic E-state index is -1.29. The molecule has 0 atom stereocenters. The molecular formula is C20H14BrN2O4S-. The minimum Gasteiger partial charge on any atom is -0.545 e. The van der Waals surface area contributed by atoms with Crippen molar-refractivity contribution in [2.45, 2.75) is 6.92 Å². The number of hydrogen-bond donors (Lipinski definition) is 2. The van der Waals surface area contributed by atoms with Crippen LogP contribution in [0.5, 0.6) is 0 Å². The lowest BCUT2D eigenvalue weighted by atomic mass is 10.1. The summed E-state index contributed by atoms with van der Waals surface area (Å²) < 4.78 is 6.54. The molecule has 0 bridgehead atoms. The Morgan fingerprint density at radius 1 is 1.07 bits per heavy atom. The Hall–Kier alpha value is -2.97. The number of halogens is 1. The van der Waals surface area contributed by atoms with Crippen LogP contribution in [0.3, 0.4) is 0 Å². The molecule has 0 aliphatic carbocycles. The van der Waals surface area contributed by atoms with E-state index < -0.39 is 11.9 Å². The summed E-state index contributed by atoms with van der Waals surface area (Å²) in [5.74, 6) is -1.15. The molecule has 0 unspecified atom stereocenters. The maximum atomic E-state index is 12.4. The van der Waals surface area contributed by atoms with Gasteiger partial charge in [-0.1, -0.05) is 40.2 Å². The summed E-state index contributed by atoms with van der Waals surface area (Å²) >= 11 is 8.51. The first-order chi connectivity index (χ1) is 13.3. The van der Waals surface area contributed by atoms with Gasteiger partial charge in [-0.15, -0.1) is 0 Å². The molecule has 2 aromatic carbocycles. The van der Waals surface area contributed by atoms with Crippen molar-refractivity contribution in [2.75, 3.05) is 5.32 Å². The normalized spacial score (nSPS) is 10.4. The van der Waals surface area contributed by atoms with Gasteiger partial charge in [0.15, 0.2) is 10.9 Å². The fourth-order valence-electron chi connectivity index (χ4n) is 2.54. The lowest BCUT2D eigenvalue weighted by Gasteiger charge is -2.14. The number of carboxylic acids is 1. The number of rotatable bonds is 4. The van der Waals surface area contributed by atoms with Crippen molar-refractivity contribution in [3.8, 4) is 11.3 Å². The Kier molecular flexibility index (Phi) is 5.91. The number of carbonyl (C=O) groups excluding carboxylic acids is 2. The Morgan fingerprint density at radius 2 is 1.79 bits per heavy atom. The van der Waals surface area contributed by atoms with Gasteiger partial charge in [-0.3, -0.25) is 10.1 Å². The van der Waals surface area contributed by atoms with Crippen molar-refractivity contribution in [2.24, 2.45) is 0 Å². The van der Waals surface area contributed by atoms with Gasteiger partial charge in [0.2, 0.25) is 0 Å². The fourth-order valence-corrected chi connectivity index (χ4v) is 3.01. The van der Waals surface area contributed by atoms with Gasteiger partial charge in [-0.25, -0.2) is 0 Å². The van der Waals surface area contributed by atoms with Crippen LogP contribution in [0.4, 0.5) is 5.69 Å². The predicted octanol–water partition coefficient (Wildman–Crippen LogP) is 3.51. The minimum absolute atomic E-state index is 0.0187. The summed E-state index contributed by atoms with van der Waals surface area (Å²) in [5.41, 5.74) is 1.79. The third kappa shape index (κ3) is 4.47. The highest BCUT2D eigenvalue weighted by molar-refractivity contribution is 9.10. The summed E-state index contributed by atoms with van der Waals surface area (Å²) in [4.78, 5) is 23.5. The van der Waals surface area contributed by atoms with Crippen LogP contribution < -0.4 is 15.7 Å². The Morgan fingerprint density at radius 3 is 2.46 bits per heavy atom. The molecule has 0 aliphatic rings. The molecule has 2 N–H and O–H groups in total. The van der Waals surface area contributed by atoms with Crippen LogP contribution in [-0.2, 0) is 0 Å². The van der Waals surface area contributed by atoms with Gasteiger partial charge in [0, 0.05) is 21.3 Å². The monoisotopic (exact) mass is 457 g/mol. The predicted molar refractivity (Wildman–Crippen MR) is 111 cm³/mol. The van der Waals surface area contributed by atoms with E-state index in [1.165, 1.54) is 6.07 Å². The zero-order chi connectivity index (χ0) is 20.3. The van der Waals surface area contributed by atoms with E-state index in [-0.39, 0.29) is 16.4 Å². The average molecular weight is 458 g/mol. The van der Waals surface area contributed by atoms with Crippen molar-refractivity contribution in [1.29, 1.82) is 0 Å². The number of carbonyl (C=O) groups is 2. The van der Waals surface area contributed by atoms with E-state index >= 15 is 0 Å². The van der Waals surface area contributed by atoms with Crippen molar-refractivity contribution >= 4 is 50.8 Å². The highest BCUT2D eigenvalue weighted by Gasteiger charge is 2.14. The molecule has 3 rings (SSSR count). The molecular weight excluding hydrogens is 444 g/mol. The number of thiocarbonyl (C=S) groups is 1. The highest BCUT2D eigenvalue weighted by Crippen LogP contribution is 2.24. The van der Waals surface area contributed by atoms with Crippen LogP contribution in [0.25, 0.3) is 11.3 Å². The molecule has 1 aromatic heterocycles. The number of carboxylic acid groups (broad SMARTS) is 1. The first-order valence-electron chi connectivity index (χ1n) is 8.14. The second-order valence-electron chi connectivity index (χ2n) is 5.84. The number of nitrogens with one attached hydrogen (secondary N) is 2. The van der Waals surface area contributed by atoms with E-state index in [0.717, 1.165) is 10.0 Å². The van der Waals surface area contributed by atoms with Crippen LogP contribution in [0, 0.1) is 6.92 Å². The van der Waals surface area contributed by atoms with E-state index in [4.69, 9.17) is 16.6 Å². The molecule has 0 spiro atoms. The van der Waals surface area contributed by atoms with Crippen LogP contribution in [0.15, 0.2) is 63.5 Å². The summed E-state index contributed by atoms with van der Waals surface area (Å²) in [6.45, 7) is 1.62. The third-order valence-electron chi connectivity index (χ3n) is 3.99. The number of furan rings is 1. The Balaban J connectivity index is 1.68. The number of amides is 1. The van der Waals surface area contributed by atoms with E-state index in [1.807, 2.05) is 24.3 Å². The molecule has 3 aromatic rings. The number of aromatic carboxylic acids is 1. The van der Waals surface area contributed by atoms with Crippen molar-refractivity contribution < 1.29 is 19.1 Å². The third-order valence-corrected chi connectivity index (χ3v) is 4.72. The topological polar surface area (TPSA) is 94.4 Å². The molecule has 0 fully saturated rings. The standard InChI is InChI=1S/C20H15BrN2O4S/c1-11-14(19(25)26)3-2-4-15(11)22-20(28)23-18(24)17-10-9-16(27-17)12-5-7-13(21)8-6-12/h2-10H,1H3,(H,25,26)(H2,22,23,24,28)/p-1. The van der Waals surface area contributed by atoms with Crippen molar-refractivity contribution in [1.82, 2.24) is 5.32 Å². The average Bonchev–Trinajstić information content (AvgIpc) is 3.14. The van der Waals surface area contributed by atoms with Gasteiger partial charge in [0.05, 0.1) is 5.97 Å². The van der Waals surface area contributed by atoms with E-state index in [9.17, 15) is 14.7 Å². The molecule has 8 heteroatoms. The summed E-state index contributed by atoms with van der Waals surface area (Å²) in [6.07, 6.45) is 0. The zero-order valence-electron chi connectivity index (χ0n) is 14.6. The number of hydrogen-bond acceptors (Lipinski definition) is 5. The van der Waals surface area contributed by atoms with Crippen LogP contribution in [0.2, 0.25) is 0 Å². The van der Waals surface area contributed by atoms with E-state index in [1.54, 1.807) is 31.2 Å². The van der Waals surface area contributed by atoms with Gasteiger partial charge in [-0.2, -0.15) is 0 Å². The maximum Gasteiger partial charge on any atom is 0.293 e. The molecule has 0 radical (unpaired) electrons. The SMILES string of the molecule is Cc1c(NC(=S)NC(=O)c2ccc(-c3ccc(Br)cc3)o2)cccc1C(=O)[O-]. The van der Waals surface area contributed by atoms with Crippen LogP contribution in [0.1, 0.15) is 26.5 Å². The Labute approximate surface area is 174 Å². The fraction of sp³-hybridized carbons (Fsp3) is 0.0500. The molecule has 142 valence electrons. The molecule has 0 saturated carbocycles. The first kappa shape index (κ1) is 19.8. The lowest BCUT2D eigenvalue weighted by molar-refractivity contribution is -0.255. The lowest BCUT2D eigenvalue weighted by Crippen LogP contribution is -2.34. The maximum absolute atomic E-state index is 12.4. The largest absolute Gasteiger partial charge is 0.545 e. The molecule has 0 saturated heterocycles. The van der Waals surface area contributed by atoms with Gasteiger partial charge >= 0.3 is 0 Å². The van der Waals surface area contributed by atoms with Crippen molar-refractivity contribution in [3.63, 3.8) is 0 Å². The summed E-state index contributed by atoms with van der Waals surface area (Å²) in [6, 6.07) is 15.4. The van der Waals surface area contributed by atoms with Crippen LogP contribution >= 0.6 is 28.1 Å². The van der Waals surface area contributed by atoms with Gasteiger partial charge < -0.3 is 19.6 Å². The molecule has 0 aliphatic heterocycles. The summed E-state index contributed by atoms with van der Waals surface area (Å²) in [7, 11) is 0. The van der Waals surface area contributed by atoms with Gasteiger partial charge in [0.1, 0.15) is 5.76 Å². The highest BCUT2D eigenvalue weighted by atomic mass is 79.9. The van der Waals surface area contributed by atoms with E-state index in [2.05, 4.69) is 26.6 Å². The number of anilines is 1. The molecule has 1 heterocycles. The van der Waals surface area contributed by atoms with Crippen molar-refractivity contribution in [3.05, 3.63) is 76.0 Å². The second kappa shape index (κ2) is 8.37. The van der Waals surface area contributed by atoms with Crippen LogP contribution in [-0.4, -0.2) is 17.0 Å².